The van der Waals surface area contributed by atoms with Gasteiger partial charge in [0.25, 0.3) is 0 Å². The van der Waals surface area contributed by atoms with Crippen LogP contribution in [0.4, 0.5) is 0 Å². The third-order valence-corrected chi connectivity index (χ3v) is 4.05. The van der Waals surface area contributed by atoms with Crippen molar-refractivity contribution >= 4 is 15.9 Å². The summed E-state index contributed by atoms with van der Waals surface area (Å²) in [5, 5.41) is 2.59. The summed E-state index contributed by atoms with van der Waals surface area (Å²) in [4.78, 5) is 11.4. The molecule has 0 fully saturated rings. The molecular formula is C12H16N2O5S. The van der Waals surface area contributed by atoms with Gasteiger partial charge in [0.1, 0.15) is 0 Å². The number of sulfonamides is 1. The maximum Gasteiger partial charge on any atom is 0.241 e. The molecule has 0 unspecified atom stereocenters. The van der Waals surface area contributed by atoms with Crippen molar-refractivity contribution in [3.05, 3.63) is 18.2 Å². The van der Waals surface area contributed by atoms with Crippen LogP contribution in [0.15, 0.2) is 23.1 Å². The molecule has 0 saturated carbocycles. The fourth-order valence-corrected chi connectivity index (χ4v) is 2.61. The minimum Gasteiger partial charge on any atom is -0.454 e. The number of fused-ring (bicyclic) bond motifs is 1. The Morgan fingerprint density at radius 1 is 1.30 bits per heavy atom. The van der Waals surface area contributed by atoms with Gasteiger partial charge in [-0.1, -0.05) is 6.92 Å². The first-order chi connectivity index (χ1) is 9.53. The van der Waals surface area contributed by atoms with E-state index in [9.17, 15) is 13.2 Å². The van der Waals surface area contributed by atoms with E-state index in [0.717, 1.165) is 6.42 Å². The molecule has 1 aromatic carbocycles. The number of ether oxygens (including phenoxy) is 2. The molecular weight excluding hydrogens is 284 g/mol. The van der Waals surface area contributed by atoms with Crippen LogP contribution < -0.4 is 19.5 Å². The van der Waals surface area contributed by atoms with Gasteiger partial charge in [-0.15, -0.1) is 0 Å². The molecule has 20 heavy (non-hydrogen) atoms. The number of hydrogen-bond acceptors (Lipinski definition) is 5. The van der Waals surface area contributed by atoms with Crippen LogP contribution in [0.1, 0.15) is 13.3 Å². The molecule has 1 heterocycles. The van der Waals surface area contributed by atoms with Gasteiger partial charge in [-0.05, 0) is 18.6 Å². The molecule has 0 radical (unpaired) electrons. The summed E-state index contributed by atoms with van der Waals surface area (Å²) in [6.45, 7) is 2.21. The lowest BCUT2D eigenvalue weighted by atomic mass is 10.3. The van der Waals surface area contributed by atoms with E-state index < -0.39 is 10.0 Å². The van der Waals surface area contributed by atoms with Gasteiger partial charge in [0.05, 0.1) is 11.4 Å². The van der Waals surface area contributed by atoms with E-state index in [1.54, 1.807) is 0 Å². The van der Waals surface area contributed by atoms with Crippen molar-refractivity contribution in [1.82, 2.24) is 10.0 Å². The number of rotatable bonds is 6. The summed E-state index contributed by atoms with van der Waals surface area (Å²) in [6.07, 6.45) is 0.792. The monoisotopic (exact) mass is 300 g/mol. The zero-order chi connectivity index (χ0) is 14.6. The average molecular weight is 300 g/mol. The van der Waals surface area contributed by atoms with Gasteiger partial charge in [0, 0.05) is 12.6 Å². The van der Waals surface area contributed by atoms with Crippen LogP contribution in [0.25, 0.3) is 0 Å². The highest BCUT2D eigenvalue weighted by atomic mass is 32.2. The number of carbonyl (C=O) groups is 1. The highest BCUT2D eigenvalue weighted by Crippen LogP contribution is 2.33. The summed E-state index contributed by atoms with van der Waals surface area (Å²) < 4.78 is 36.5. The molecule has 0 atom stereocenters. The molecule has 0 saturated heterocycles. The minimum absolute atomic E-state index is 0.0324. The Hall–Kier alpha value is -1.80. The number of carbonyl (C=O) groups excluding carboxylic acids is 1. The summed E-state index contributed by atoms with van der Waals surface area (Å²) in [5.41, 5.74) is 0. The van der Waals surface area contributed by atoms with Gasteiger partial charge in [-0.25, -0.2) is 13.1 Å². The van der Waals surface area contributed by atoms with E-state index in [1.807, 2.05) is 6.92 Å². The Bertz CT molecular complexity index is 600. The second kappa shape index (κ2) is 6.10. The van der Waals surface area contributed by atoms with Crippen LogP contribution in [0.5, 0.6) is 11.5 Å². The third-order valence-electron chi connectivity index (χ3n) is 2.65. The summed E-state index contributed by atoms with van der Waals surface area (Å²) in [5.74, 6) is 0.518. The summed E-state index contributed by atoms with van der Waals surface area (Å²) >= 11 is 0. The molecule has 7 nitrogen and oxygen atoms in total. The number of hydrogen-bond donors (Lipinski definition) is 2. The van der Waals surface area contributed by atoms with E-state index >= 15 is 0 Å². The molecule has 1 aliphatic heterocycles. The first-order valence-corrected chi connectivity index (χ1v) is 7.67. The van der Waals surface area contributed by atoms with E-state index in [4.69, 9.17) is 9.47 Å². The van der Waals surface area contributed by atoms with Crippen molar-refractivity contribution in [2.75, 3.05) is 19.9 Å². The van der Waals surface area contributed by atoms with Gasteiger partial charge in [0.15, 0.2) is 11.5 Å². The maximum atomic E-state index is 12.0. The molecule has 0 aliphatic carbocycles. The first kappa shape index (κ1) is 14.6. The van der Waals surface area contributed by atoms with Gasteiger partial charge in [-0.3, -0.25) is 4.79 Å². The van der Waals surface area contributed by atoms with Crippen LogP contribution in [0, 0.1) is 0 Å². The van der Waals surface area contributed by atoms with Crippen molar-refractivity contribution in [2.45, 2.75) is 18.2 Å². The largest absolute Gasteiger partial charge is 0.454 e. The minimum atomic E-state index is -3.75. The lowest BCUT2D eigenvalue weighted by Crippen LogP contribution is -2.37. The molecule has 0 spiro atoms. The van der Waals surface area contributed by atoms with Gasteiger partial charge < -0.3 is 14.8 Å². The normalized spacial score (nSPS) is 13.2. The number of amides is 1. The maximum absolute atomic E-state index is 12.0. The predicted octanol–water partition coefficient (Wildman–Crippen LogP) is 0.220. The van der Waals surface area contributed by atoms with Crippen LogP contribution in [-0.4, -0.2) is 34.2 Å². The zero-order valence-corrected chi connectivity index (χ0v) is 11.8. The Morgan fingerprint density at radius 3 is 2.80 bits per heavy atom. The fraction of sp³-hybridized carbons (Fsp3) is 0.417. The van der Waals surface area contributed by atoms with Crippen LogP contribution in [0.2, 0.25) is 0 Å². The van der Waals surface area contributed by atoms with Gasteiger partial charge in [0.2, 0.25) is 22.7 Å². The highest BCUT2D eigenvalue weighted by molar-refractivity contribution is 7.89. The zero-order valence-electron chi connectivity index (χ0n) is 11.0. The molecule has 1 aliphatic rings. The van der Waals surface area contributed by atoms with E-state index in [0.29, 0.717) is 18.0 Å². The Labute approximate surface area is 117 Å². The molecule has 2 N–H and O–H groups in total. The van der Waals surface area contributed by atoms with Crippen molar-refractivity contribution < 1.29 is 22.7 Å². The Balaban J connectivity index is 2.01. The summed E-state index contributed by atoms with van der Waals surface area (Å²) in [6, 6.07) is 4.29. The van der Waals surface area contributed by atoms with E-state index in [1.165, 1.54) is 18.2 Å². The van der Waals surface area contributed by atoms with Gasteiger partial charge in [-0.2, -0.15) is 0 Å². The highest BCUT2D eigenvalue weighted by Gasteiger charge is 2.20. The van der Waals surface area contributed by atoms with Crippen LogP contribution in [-0.2, 0) is 14.8 Å². The first-order valence-electron chi connectivity index (χ1n) is 6.19. The molecule has 0 bridgehead atoms. The average Bonchev–Trinajstić information content (AvgIpc) is 2.90. The summed E-state index contributed by atoms with van der Waals surface area (Å²) in [7, 11) is -3.75. The molecule has 1 aromatic rings. The Morgan fingerprint density at radius 2 is 2.05 bits per heavy atom. The molecule has 8 heteroatoms. The topological polar surface area (TPSA) is 93.7 Å². The molecule has 2 rings (SSSR count). The predicted molar refractivity (Wildman–Crippen MR) is 71.1 cm³/mol. The van der Waals surface area contributed by atoms with Crippen molar-refractivity contribution in [1.29, 1.82) is 0 Å². The fourth-order valence-electron chi connectivity index (χ4n) is 1.61. The SMILES string of the molecule is CCCNC(=O)CNS(=O)(=O)c1ccc2c(c1)OCO2. The number of nitrogens with one attached hydrogen (secondary N) is 2. The second-order valence-electron chi connectivity index (χ2n) is 4.19. The van der Waals surface area contributed by atoms with Crippen molar-refractivity contribution in [3.8, 4) is 11.5 Å². The molecule has 0 aromatic heterocycles. The molecule has 110 valence electrons. The van der Waals surface area contributed by atoms with Crippen molar-refractivity contribution in [3.63, 3.8) is 0 Å². The van der Waals surface area contributed by atoms with E-state index in [2.05, 4.69) is 10.0 Å². The quantitative estimate of drug-likeness (QED) is 0.784. The lowest BCUT2D eigenvalue weighted by Gasteiger charge is -2.07. The van der Waals surface area contributed by atoms with Gasteiger partial charge >= 0.3 is 0 Å². The molecule has 1 amide bonds. The Kier molecular flexibility index (Phi) is 4.46. The van der Waals surface area contributed by atoms with Crippen LogP contribution in [0.3, 0.4) is 0 Å². The number of benzene rings is 1. The van der Waals surface area contributed by atoms with Crippen LogP contribution >= 0.6 is 0 Å². The standard InChI is InChI=1S/C12H16N2O5S/c1-2-5-13-12(15)7-14-20(16,17)9-3-4-10-11(6-9)19-8-18-10/h3-4,6,14H,2,5,7-8H2,1H3,(H,13,15). The third kappa shape index (κ3) is 3.40. The van der Waals surface area contributed by atoms with E-state index in [-0.39, 0.29) is 24.1 Å². The second-order valence-corrected chi connectivity index (χ2v) is 5.96. The van der Waals surface area contributed by atoms with Crippen molar-refractivity contribution in [2.24, 2.45) is 0 Å². The lowest BCUT2D eigenvalue weighted by molar-refractivity contribution is -0.119. The smallest absolute Gasteiger partial charge is 0.241 e.